The summed E-state index contributed by atoms with van der Waals surface area (Å²) in [7, 11) is 0. The molecule has 0 atom stereocenters. The van der Waals surface area contributed by atoms with Gasteiger partial charge in [-0.15, -0.1) is 0 Å². The molecule has 8 aromatic rings. The van der Waals surface area contributed by atoms with Crippen molar-refractivity contribution in [3.8, 4) is 45.3 Å². The fourth-order valence-electron chi connectivity index (χ4n) is 7.23. The Morgan fingerprint density at radius 3 is 2.14 bits per heavy atom. The summed E-state index contributed by atoms with van der Waals surface area (Å²) in [5.74, 6) is 2.93. The van der Waals surface area contributed by atoms with Crippen molar-refractivity contribution in [2.75, 3.05) is 0 Å². The monoisotopic (exact) mass is 652 g/mol. The molecule has 0 unspecified atom stereocenters. The Bertz CT molecular complexity index is 2490. The molecule has 0 saturated heterocycles. The van der Waals surface area contributed by atoms with E-state index in [-0.39, 0.29) is 0 Å². The molecule has 0 amide bonds. The summed E-state index contributed by atoms with van der Waals surface area (Å²) < 4.78 is 11.1. The van der Waals surface area contributed by atoms with Gasteiger partial charge in [0.1, 0.15) is 17.3 Å². The van der Waals surface area contributed by atoms with Crippen LogP contribution in [0, 0.1) is 26.7 Å². The van der Waals surface area contributed by atoms with E-state index in [4.69, 9.17) is 14.8 Å². The Morgan fingerprint density at radius 2 is 1.40 bits per heavy atom. The van der Waals surface area contributed by atoms with Gasteiger partial charge in [-0.25, -0.2) is 9.67 Å². The maximum absolute atomic E-state index is 6.76. The van der Waals surface area contributed by atoms with Gasteiger partial charge in [0.2, 0.25) is 0 Å². The average Bonchev–Trinajstić information content (AvgIpc) is 3.60. The first-order valence-electron chi connectivity index (χ1n) is 17.3. The van der Waals surface area contributed by atoms with Crippen molar-refractivity contribution in [3.63, 3.8) is 0 Å². The number of hydrogen-bond acceptors (Lipinski definition) is 3. The van der Waals surface area contributed by atoms with Crippen LogP contribution in [-0.2, 0) is 6.42 Å². The van der Waals surface area contributed by atoms with Crippen molar-refractivity contribution in [1.29, 1.82) is 0 Å². The van der Waals surface area contributed by atoms with Crippen LogP contribution in [0.2, 0.25) is 0 Å². The number of nitrogens with zero attached hydrogens (tertiary/aromatic N) is 4. The van der Waals surface area contributed by atoms with Gasteiger partial charge in [0.15, 0.2) is 0 Å². The van der Waals surface area contributed by atoms with Gasteiger partial charge >= 0.3 is 0 Å². The van der Waals surface area contributed by atoms with Crippen LogP contribution in [-0.4, -0.2) is 19.3 Å². The molecule has 0 fully saturated rings. The van der Waals surface area contributed by atoms with Crippen LogP contribution in [0.25, 0.3) is 55.6 Å². The molecule has 0 radical (unpaired) electrons. The number of rotatable bonds is 8. The van der Waals surface area contributed by atoms with Crippen molar-refractivity contribution in [3.05, 3.63) is 156 Å². The molecule has 8 rings (SSSR count). The number of ether oxygens (including phenoxy) is 1. The topological polar surface area (TPSA) is 44.9 Å². The van der Waals surface area contributed by atoms with Crippen LogP contribution >= 0.6 is 0 Å². The lowest BCUT2D eigenvalue weighted by atomic mass is 10.0. The summed E-state index contributed by atoms with van der Waals surface area (Å²) in [5.41, 5.74) is 12.3. The Balaban J connectivity index is 1.25. The van der Waals surface area contributed by atoms with Gasteiger partial charge in [-0.1, -0.05) is 80.6 Å². The van der Waals surface area contributed by atoms with Crippen LogP contribution < -0.4 is 4.74 Å². The second kappa shape index (κ2) is 12.8. The molecule has 5 aromatic carbocycles. The number of pyridine rings is 1. The van der Waals surface area contributed by atoms with E-state index in [1.807, 2.05) is 18.3 Å². The molecular weight excluding hydrogens is 613 g/mol. The average molecular weight is 653 g/mol. The van der Waals surface area contributed by atoms with Gasteiger partial charge in [0.05, 0.1) is 22.4 Å². The molecule has 246 valence electrons. The lowest BCUT2D eigenvalue weighted by Gasteiger charge is -2.14. The first-order chi connectivity index (χ1) is 24.3. The molecule has 5 nitrogen and oxygen atoms in total. The molecule has 0 aliphatic rings. The minimum atomic E-state index is 0.494. The third-order valence-electron chi connectivity index (χ3n) is 9.40. The Morgan fingerprint density at radius 1 is 0.640 bits per heavy atom. The number of hydrogen-bond donors (Lipinski definition) is 0. The normalized spacial score (nSPS) is 11.6. The fourth-order valence-corrected chi connectivity index (χ4v) is 7.23. The highest BCUT2D eigenvalue weighted by Gasteiger charge is 2.18. The largest absolute Gasteiger partial charge is 0.457 e. The van der Waals surface area contributed by atoms with Crippen molar-refractivity contribution in [1.82, 2.24) is 19.3 Å². The van der Waals surface area contributed by atoms with E-state index >= 15 is 0 Å². The summed E-state index contributed by atoms with van der Waals surface area (Å²) in [6, 6.07) is 44.8. The zero-order valence-electron chi connectivity index (χ0n) is 29.2. The molecule has 0 N–H and O–H groups in total. The highest BCUT2D eigenvalue weighted by atomic mass is 16.5. The number of aryl methyl sites for hydroxylation is 2. The second-order valence-electron chi connectivity index (χ2n) is 13.7. The van der Waals surface area contributed by atoms with Crippen LogP contribution in [0.3, 0.4) is 0 Å². The number of benzene rings is 5. The molecule has 0 aliphatic heterocycles. The van der Waals surface area contributed by atoms with Crippen LogP contribution in [0.4, 0.5) is 0 Å². The summed E-state index contributed by atoms with van der Waals surface area (Å²) >= 11 is 0. The maximum Gasteiger partial charge on any atom is 0.137 e. The van der Waals surface area contributed by atoms with Crippen molar-refractivity contribution in [2.24, 2.45) is 5.92 Å². The van der Waals surface area contributed by atoms with Gasteiger partial charge < -0.3 is 4.74 Å². The predicted octanol–water partition coefficient (Wildman–Crippen LogP) is 11.6. The van der Waals surface area contributed by atoms with Crippen LogP contribution in [0.5, 0.6) is 11.5 Å². The van der Waals surface area contributed by atoms with E-state index in [0.29, 0.717) is 5.92 Å². The fraction of sp³-hybridized carbons (Fsp3) is 0.156. The molecule has 0 saturated carbocycles. The summed E-state index contributed by atoms with van der Waals surface area (Å²) in [4.78, 5) is 4.81. The molecule has 50 heavy (non-hydrogen) atoms. The van der Waals surface area contributed by atoms with Gasteiger partial charge in [-0.05, 0) is 109 Å². The summed E-state index contributed by atoms with van der Waals surface area (Å²) in [6.45, 7) is 10.8. The van der Waals surface area contributed by atoms with E-state index < -0.39 is 0 Å². The zero-order valence-corrected chi connectivity index (χ0v) is 29.2. The van der Waals surface area contributed by atoms with Crippen molar-refractivity contribution >= 4 is 21.8 Å². The Labute approximate surface area is 293 Å². The molecule has 0 spiro atoms. The molecule has 3 aromatic heterocycles. The van der Waals surface area contributed by atoms with E-state index in [2.05, 4.69) is 159 Å². The highest BCUT2D eigenvalue weighted by molar-refractivity contribution is 6.10. The standard InChI is InChI=1S/C45H40N4O/c1-29(2)22-33-24-37(49-32(5)45(31(4)47-49)35-14-10-7-11-15-35)27-39(25-33)50-38-17-18-40-41-26-36(34-12-8-6-9-13-34)16-19-42(41)48(43(40)28-38)44-23-30(3)20-21-46-44/h6-21,23-29H,22H2,1-5H3. The predicted molar refractivity (Wildman–Crippen MR) is 206 cm³/mol. The van der Waals surface area contributed by atoms with Crippen LogP contribution in [0.1, 0.15) is 36.4 Å². The Kier molecular flexibility index (Phi) is 8.04. The lowest BCUT2D eigenvalue weighted by molar-refractivity contribution is 0.481. The van der Waals surface area contributed by atoms with Gasteiger partial charge in [-0.2, -0.15) is 5.10 Å². The molecule has 0 bridgehead atoms. The first-order valence-corrected chi connectivity index (χ1v) is 17.3. The highest BCUT2D eigenvalue weighted by Crippen LogP contribution is 2.38. The first kappa shape index (κ1) is 31.3. The molecule has 5 heteroatoms. The van der Waals surface area contributed by atoms with E-state index in [0.717, 1.165) is 62.8 Å². The molecule has 0 aliphatic carbocycles. The Hall–Kier alpha value is -5.94. The quantitative estimate of drug-likeness (QED) is 0.164. The van der Waals surface area contributed by atoms with E-state index in [1.54, 1.807) is 0 Å². The van der Waals surface area contributed by atoms with Gasteiger partial charge in [0.25, 0.3) is 0 Å². The maximum atomic E-state index is 6.76. The third kappa shape index (κ3) is 5.85. The van der Waals surface area contributed by atoms with Crippen LogP contribution in [0.15, 0.2) is 134 Å². The lowest BCUT2D eigenvalue weighted by Crippen LogP contribution is -2.03. The van der Waals surface area contributed by atoms with Crippen molar-refractivity contribution < 1.29 is 4.74 Å². The second-order valence-corrected chi connectivity index (χ2v) is 13.7. The van der Waals surface area contributed by atoms with Gasteiger partial charge in [-0.3, -0.25) is 4.57 Å². The smallest absolute Gasteiger partial charge is 0.137 e. The number of fused-ring (bicyclic) bond motifs is 3. The summed E-state index contributed by atoms with van der Waals surface area (Å²) in [5, 5.41) is 7.35. The minimum Gasteiger partial charge on any atom is -0.457 e. The van der Waals surface area contributed by atoms with Crippen molar-refractivity contribution in [2.45, 2.75) is 41.0 Å². The summed E-state index contributed by atoms with van der Waals surface area (Å²) in [6.07, 6.45) is 2.82. The molecule has 3 heterocycles. The van der Waals surface area contributed by atoms with E-state index in [9.17, 15) is 0 Å². The third-order valence-corrected chi connectivity index (χ3v) is 9.40. The zero-order chi connectivity index (χ0) is 34.4. The number of aromatic nitrogens is 4. The molecular formula is C45H40N4O. The van der Waals surface area contributed by atoms with Gasteiger partial charge in [0, 0.05) is 40.4 Å². The SMILES string of the molecule is Cc1ccnc(-n2c3ccc(-c4ccccc4)cc3c3ccc(Oc4cc(CC(C)C)cc(-n5nc(C)c(-c6ccccc6)c5C)c4)cc32)c1. The van der Waals surface area contributed by atoms with E-state index in [1.165, 1.54) is 33.2 Å². The minimum absolute atomic E-state index is 0.494.